The Morgan fingerprint density at radius 1 is 1.47 bits per heavy atom. The monoisotopic (exact) mass is 350 g/mol. The van der Waals surface area contributed by atoms with Gasteiger partial charge in [-0.3, -0.25) is 0 Å². The molecule has 102 valence electrons. The zero-order valence-corrected chi connectivity index (χ0v) is 11.9. The molecule has 0 bridgehead atoms. The van der Waals surface area contributed by atoms with Gasteiger partial charge in [0.2, 0.25) is 0 Å². The molecule has 2 rings (SSSR count). The molecule has 0 saturated heterocycles. The highest BCUT2D eigenvalue weighted by Crippen LogP contribution is 2.26. The van der Waals surface area contributed by atoms with E-state index in [0.717, 1.165) is 16.9 Å². The quantitative estimate of drug-likeness (QED) is 0.778. The minimum atomic E-state index is -4.17. The largest absolute Gasteiger partial charge is 0.398 e. The minimum Gasteiger partial charge on any atom is -0.398 e. The molecule has 2 aromatic rings. The second-order valence-electron chi connectivity index (χ2n) is 3.51. The van der Waals surface area contributed by atoms with E-state index in [9.17, 15) is 12.8 Å². The summed E-state index contributed by atoms with van der Waals surface area (Å²) in [4.78, 5) is 0.463. The molecule has 0 aliphatic heterocycles. The fourth-order valence-electron chi connectivity index (χ4n) is 1.25. The summed E-state index contributed by atoms with van der Waals surface area (Å²) in [6.45, 7) is 0. The van der Waals surface area contributed by atoms with Crippen LogP contribution in [0.3, 0.4) is 0 Å². The zero-order valence-electron chi connectivity index (χ0n) is 9.50. The van der Waals surface area contributed by atoms with Gasteiger partial charge < -0.3 is 5.73 Å². The molecule has 1 aromatic carbocycles. The molecule has 1 heterocycles. The molecular weight excluding hydrogens is 343 g/mol. The van der Waals surface area contributed by atoms with Crippen LogP contribution in [0.5, 0.6) is 0 Å². The third-order valence-electron chi connectivity index (χ3n) is 2.07. The molecule has 0 fully saturated rings. The number of nitrogen functional groups attached to an aromatic ring is 1. The molecule has 0 unspecified atom stereocenters. The number of aromatic nitrogens is 4. The molecule has 0 aliphatic carbocycles. The summed E-state index contributed by atoms with van der Waals surface area (Å²) >= 11 is 3.00. The van der Waals surface area contributed by atoms with E-state index in [1.165, 1.54) is 7.05 Å². The predicted molar refractivity (Wildman–Crippen MR) is 68.1 cm³/mol. The number of halogens is 2. The molecule has 0 atom stereocenters. The Labute approximate surface area is 116 Å². The lowest BCUT2D eigenvalue weighted by Gasteiger charge is -2.07. The number of sulfonamides is 1. The smallest absolute Gasteiger partial charge is 0.277 e. The zero-order chi connectivity index (χ0) is 14.2. The van der Waals surface area contributed by atoms with Gasteiger partial charge in [0.15, 0.2) is 0 Å². The average molecular weight is 351 g/mol. The first-order valence-electron chi connectivity index (χ1n) is 4.81. The number of nitrogens with two attached hydrogens (primary N) is 1. The number of hydrogen-bond donors (Lipinski definition) is 2. The fourth-order valence-corrected chi connectivity index (χ4v) is 2.60. The normalized spacial score (nSPS) is 11.5. The first-order chi connectivity index (χ1) is 8.79. The van der Waals surface area contributed by atoms with Crippen LogP contribution in [-0.2, 0) is 17.1 Å². The van der Waals surface area contributed by atoms with Crippen LogP contribution in [0.15, 0.2) is 21.5 Å². The van der Waals surface area contributed by atoms with Gasteiger partial charge in [0.05, 0.1) is 7.05 Å². The van der Waals surface area contributed by atoms with Gasteiger partial charge in [-0.25, -0.2) is 17.5 Å². The van der Waals surface area contributed by atoms with E-state index in [0.29, 0.717) is 0 Å². The first kappa shape index (κ1) is 13.7. The summed E-state index contributed by atoms with van der Waals surface area (Å²) in [6, 6.07) is 1.96. The second-order valence-corrected chi connectivity index (χ2v) is 6.02. The summed E-state index contributed by atoms with van der Waals surface area (Å²) in [5, 5.41) is 10.5. The average Bonchev–Trinajstić information content (AvgIpc) is 2.68. The van der Waals surface area contributed by atoms with Crippen molar-refractivity contribution >= 4 is 37.6 Å². The number of nitrogens with one attached hydrogen (secondary N) is 1. The van der Waals surface area contributed by atoms with Gasteiger partial charge in [-0.1, -0.05) is 5.10 Å². The van der Waals surface area contributed by atoms with E-state index >= 15 is 0 Å². The van der Waals surface area contributed by atoms with Crippen LogP contribution in [0.2, 0.25) is 0 Å². The van der Waals surface area contributed by atoms with E-state index in [1.54, 1.807) is 0 Å². The highest BCUT2D eigenvalue weighted by Gasteiger charge is 2.22. The van der Waals surface area contributed by atoms with E-state index in [1.807, 2.05) is 4.72 Å². The van der Waals surface area contributed by atoms with Gasteiger partial charge >= 0.3 is 0 Å². The lowest BCUT2D eigenvalue weighted by Crippen LogP contribution is -2.16. The Hall–Kier alpha value is -1.75. The number of tetrazole rings is 1. The van der Waals surface area contributed by atoms with E-state index in [4.69, 9.17) is 5.73 Å². The Bertz CT molecular complexity index is 731. The van der Waals surface area contributed by atoms with Gasteiger partial charge in [0, 0.05) is 10.2 Å². The maximum absolute atomic E-state index is 13.7. The van der Waals surface area contributed by atoms with Crippen LogP contribution >= 0.6 is 15.9 Å². The van der Waals surface area contributed by atoms with Crippen LogP contribution in [0.4, 0.5) is 16.0 Å². The van der Waals surface area contributed by atoms with Crippen molar-refractivity contribution < 1.29 is 12.8 Å². The Morgan fingerprint density at radius 3 is 2.74 bits per heavy atom. The molecule has 1 aromatic heterocycles. The molecule has 0 aliphatic rings. The summed E-state index contributed by atoms with van der Waals surface area (Å²) < 4.78 is 39.8. The first-order valence-corrected chi connectivity index (χ1v) is 7.08. The van der Waals surface area contributed by atoms with Crippen LogP contribution in [0.1, 0.15) is 0 Å². The molecule has 0 saturated carbocycles. The Kier molecular flexibility index (Phi) is 3.41. The van der Waals surface area contributed by atoms with Gasteiger partial charge in [0.25, 0.3) is 16.0 Å². The van der Waals surface area contributed by atoms with Crippen LogP contribution in [0.25, 0.3) is 0 Å². The molecule has 8 nitrogen and oxygen atoms in total. The molecular formula is C8H8BrFN6O2S. The van der Waals surface area contributed by atoms with Crippen molar-refractivity contribution in [2.45, 2.75) is 4.90 Å². The Balaban J connectivity index is 2.42. The molecule has 0 radical (unpaired) electrons. The highest BCUT2D eigenvalue weighted by molar-refractivity contribution is 9.10. The molecule has 0 amide bonds. The lowest BCUT2D eigenvalue weighted by atomic mass is 10.3. The number of anilines is 2. The molecule has 0 spiro atoms. The number of aryl methyl sites for hydroxylation is 1. The van der Waals surface area contributed by atoms with Crippen LogP contribution in [-0.4, -0.2) is 28.6 Å². The van der Waals surface area contributed by atoms with E-state index < -0.39 is 20.7 Å². The lowest BCUT2D eigenvalue weighted by molar-refractivity contribution is 0.570. The van der Waals surface area contributed by atoms with Crippen molar-refractivity contribution in [3.63, 3.8) is 0 Å². The standard InChI is InChI=1S/C8H8BrFN6O2S/c1-16-13-8(12-15-16)14-19(17,18)7-3-6(11)4(9)2-5(7)10/h2-3H,11H2,1H3,(H,13,14). The highest BCUT2D eigenvalue weighted by atomic mass is 79.9. The SMILES string of the molecule is Cn1nnc(NS(=O)(=O)c2cc(N)c(Br)cc2F)n1. The summed E-state index contributed by atoms with van der Waals surface area (Å²) in [5.41, 5.74) is 5.62. The topological polar surface area (TPSA) is 116 Å². The minimum absolute atomic E-state index is 0.0916. The van der Waals surface area contributed by atoms with E-state index in [2.05, 4.69) is 31.3 Å². The summed E-state index contributed by atoms with van der Waals surface area (Å²) in [5.74, 6) is -1.21. The fraction of sp³-hybridized carbons (Fsp3) is 0.125. The maximum Gasteiger partial charge on any atom is 0.277 e. The number of hydrogen-bond acceptors (Lipinski definition) is 6. The van der Waals surface area contributed by atoms with Crippen LogP contribution < -0.4 is 10.5 Å². The van der Waals surface area contributed by atoms with Crippen molar-refractivity contribution in [2.24, 2.45) is 7.05 Å². The number of benzene rings is 1. The molecule has 11 heteroatoms. The summed E-state index contributed by atoms with van der Waals surface area (Å²) in [7, 11) is -2.71. The van der Waals surface area contributed by atoms with Crippen molar-refractivity contribution in [3.8, 4) is 0 Å². The Morgan fingerprint density at radius 2 is 2.16 bits per heavy atom. The van der Waals surface area contributed by atoms with Crippen molar-refractivity contribution in [3.05, 3.63) is 22.4 Å². The maximum atomic E-state index is 13.7. The molecule has 3 N–H and O–H groups in total. The van der Waals surface area contributed by atoms with Gasteiger partial charge in [0.1, 0.15) is 10.7 Å². The van der Waals surface area contributed by atoms with Crippen molar-refractivity contribution in [1.82, 2.24) is 20.2 Å². The van der Waals surface area contributed by atoms with Crippen LogP contribution in [0, 0.1) is 5.82 Å². The summed E-state index contributed by atoms with van der Waals surface area (Å²) in [6.07, 6.45) is 0. The third kappa shape index (κ3) is 2.81. The van der Waals surface area contributed by atoms with Crippen molar-refractivity contribution in [2.75, 3.05) is 10.5 Å². The third-order valence-corrected chi connectivity index (χ3v) is 4.10. The van der Waals surface area contributed by atoms with Crippen molar-refractivity contribution in [1.29, 1.82) is 0 Å². The number of nitrogens with zero attached hydrogens (tertiary/aromatic N) is 4. The van der Waals surface area contributed by atoms with Gasteiger partial charge in [-0.2, -0.15) is 4.80 Å². The predicted octanol–water partition coefficient (Wildman–Crippen LogP) is 0.495. The second kappa shape index (κ2) is 4.74. The van der Waals surface area contributed by atoms with Gasteiger partial charge in [-0.15, -0.1) is 5.10 Å². The van der Waals surface area contributed by atoms with E-state index in [-0.39, 0.29) is 16.1 Å². The molecule has 19 heavy (non-hydrogen) atoms. The number of rotatable bonds is 3. The van der Waals surface area contributed by atoms with Gasteiger partial charge in [-0.05, 0) is 33.3 Å².